The smallest absolute Gasteiger partial charge is 0.252 e. The summed E-state index contributed by atoms with van der Waals surface area (Å²) >= 11 is 0. The van der Waals surface area contributed by atoms with Crippen LogP contribution in [0.1, 0.15) is 49.0 Å². The number of likely N-dealkylation sites (tertiary alicyclic amines) is 1. The Balaban J connectivity index is 1.58. The number of carbonyl (C=O) groups excluding carboxylic acids is 2. The summed E-state index contributed by atoms with van der Waals surface area (Å²) in [4.78, 5) is 31.8. The van der Waals surface area contributed by atoms with E-state index in [0.717, 1.165) is 46.5 Å². The van der Waals surface area contributed by atoms with Gasteiger partial charge in [-0.05, 0) is 63.6 Å². The minimum atomic E-state index is -0.111. The predicted octanol–water partition coefficient (Wildman–Crippen LogP) is 4.77. The molecule has 2 amide bonds. The van der Waals surface area contributed by atoms with Crippen molar-refractivity contribution in [1.82, 2.24) is 15.2 Å². The number of fused-ring (bicyclic) bond motifs is 1. The van der Waals surface area contributed by atoms with Gasteiger partial charge in [0.1, 0.15) is 0 Å². The number of hydrogen-bond donors (Lipinski definition) is 2. The third-order valence-corrected chi connectivity index (χ3v) is 6.33. The van der Waals surface area contributed by atoms with Gasteiger partial charge in [-0.1, -0.05) is 30.2 Å². The average molecular weight is 445 g/mol. The average Bonchev–Trinajstić information content (AvgIpc) is 2.79. The fourth-order valence-corrected chi connectivity index (χ4v) is 4.50. The molecule has 6 nitrogen and oxygen atoms in total. The Morgan fingerprint density at radius 2 is 1.88 bits per heavy atom. The summed E-state index contributed by atoms with van der Waals surface area (Å²) < 4.78 is 0. The maximum absolute atomic E-state index is 13.2. The largest absolute Gasteiger partial charge is 0.351 e. The normalized spacial score (nSPS) is 16.5. The molecule has 1 aromatic heterocycles. The second kappa shape index (κ2) is 10.1. The molecule has 1 saturated heterocycles. The quantitative estimate of drug-likeness (QED) is 0.574. The molecule has 1 fully saturated rings. The summed E-state index contributed by atoms with van der Waals surface area (Å²) in [5.41, 5.74) is 4.87. The van der Waals surface area contributed by atoms with E-state index in [-0.39, 0.29) is 11.8 Å². The number of rotatable bonds is 6. The number of nitrogens with zero attached hydrogens (tertiary/aromatic N) is 2. The fourth-order valence-electron chi connectivity index (χ4n) is 4.50. The second-order valence-electron chi connectivity index (χ2n) is 8.97. The lowest BCUT2D eigenvalue weighted by Crippen LogP contribution is -2.42. The van der Waals surface area contributed by atoms with Crippen LogP contribution in [-0.2, 0) is 4.79 Å². The Hall–Kier alpha value is -3.25. The van der Waals surface area contributed by atoms with Crippen LogP contribution in [0.4, 0.5) is 5.69 Å². The number of piperidine rings is 1. The number of aryl methyl sites for hydroxylation is 1. The van der Waals surface area contributed by atoms with Gasteiger partial charge in [0.2, 0.25) is 5.91 Å². The molecule has 0 bridgehead atoms. The second-order valence-corrected chi connectivity index (χ2v) is 8.97. The first-order valence-corrected chi connectivity index (χ1v) is 11.7. The van der Waals surface area contributed by atoms with Crippen molar-refractivity contribution in [3.63, 3.8) is 0 Å². The number of aromatic nitrogens is 1. The van der Waals surface area contributed by atoms with E-state index in [4.69, 9.17) is 4.98 Å². The molecular weight excluding hydrogens is 412 g/mol. The first-order valence-electron chi connectivity index (χ1n) is 11.7. The first kappa shape index (κ1) is 22.9. The van der Waals surface area contributed by atoms with E-state index in [9.17, 15) is 9.59 Å². The van der Waals surface area contributed by atoms with Gasteiger partial charge < -0.3 is 10.6 Å². The zero-order valence-corrected chi connectivity index (χ0v) is 19.6. The van der Waals surface area contributed by atoms with Crippen molar-refractivity contribution < 1.29 is 9.59 Å². The molecule has 0 aliphatic carbocycles. The molecule has 4 rings (SSSR count). The minimum absolute atomic E-state index is 0.0752. The molecule has 6 heteroatoms. The van der Waals surface area contributed by atoms with Crippen molar-refractivity contribution in [3.05, 3.63) is 59.7 Å². The number of pyridine rings is 1. The van der Waals surface area contributed by atoms with E-state index in [1.54, 1.807) is 0 Å². The Morgan fingerprint density at radius 3 is 2.61 bits per heavy atom. The Bertz CT molecular complexity index is 1160. The zero-order chi connectivity index (χ0) is 23.4. The molecule has 2 aromatic carbocycles. The molecular formula is C27H32N4O2. The maximum Gasteiger partial charge on any atom is 0.252 e. The van der Waals surface area contributed by atoms with E-state index in [2.05, 4.69) is 22.5 Å². The summed E-state index contributed by atoms with van der Waals surface area (Å²) in [6, 6.07) is 16.0. The maximum atomic E-state index is 13.2. The topological polar surface area (TPSA) is 74.3 Å². The molecule has 1 atom stereocenters. The van der Waals surface area contributed by atoms with Gasteiger partial charge in [0.15, 0.2) is 0 Å². The molecule has 33 heavy (non-hydrogen) atoms. The van der Waals surface area contributed by atoms with Crippen LogP contribution < -0.4 is 10.6 Å². The minimum Gasteiger partial charge on any atom is -0.351 e. The van der Waals surface area contributed by atoms with Crippen molar-refractivity contribution in [3.8, 4) is 11.3 Å². The lowest BCUT2D eigenvalue weighted by atomic mass is 10.0. The van der Waals surface area contributed by atoms with Crippen LogP contribution in [0.5, 0.6) is 0 Å². The lowest BCUT2D eigenvalue weighted by Gasteiger charge is -2.33. The van der Waals surface area contributed by atoms with E-state index in [1.807, 2.05) is 55.5 Å². The fraction of sp³-hybridized carbons (Fsp3) is 0.370. The molecule has 3 aromatic rings. The molecule has 2 N–H and O–H groups in total. The number of carbonyl (C=O) groups is 2. The molecule has 0 spiro atoms. The number of benzene rings is 2. The number of amides is 2. The van der Waals surface area contributed by atoms with Gasteiger partial charge in [-0.25, -0.2) is 4.98 Å². The highest BCUT2D eigenvalue weighted by Gasteiger charge is 2.19. The third-order valence-electron chi connectivity index (χ3n) is 6.33. The van der Waals surface area contributed by atoms with Crippen LogP contribution >= 0.6 is 0 Å². The van der Waals surface area contributed by atoms with Crippen molar-refractivity contribution in [1.29, 1.82) is 0 Å². The highest BCUT2D eigenvalue weighted by Crippen LogP contribution is 2.27. The van der Waals surface area contributed by atoms with Crippen LogP contribution in [0, 0.1) is 6.92 Å². The van der Waals surface area contributed by atoms with Gasteiger partial charge in [0.05, 0.1) is 16.8 Å². The van der Waals surface area contributed by atoms with E-state index in [0.29, 0.717) is 18.2 Å². The summed E-state index contributed by atoms with van der Waals surface area (Å²) in [5, 5.41) is 6.77. The van der Waals surface area contributed by atoms with Crippen LogP contribution in [0.25, 0.3) is 22.2 Å². The van der Waals surface area contributed by atoms with Crippen molar-refractivity contribution in [2.24, 2.45) is 0 Å². The molecule has 0 saturated carbocycles. The Kier molecular flexibility index (Phi) is 7.04. The highest BCUT2D eigenvalue weighted by molar-refractivity contribution is 6.07. The molecule has 0 unspecified atom stereocenters. The van der Waals surface area contributed by atoms with Crippen molar-refractivity contribution in [2.75, 3.05) is 25.0 Å². The van der Waals surface area contributed by atoms with Crippen LogP contribution in [0.2, 0.25) is 0 Å². The summed E-state index contributed by atoms with van der Waals surface area (Å²) in [6.07, 6.45) is 3.75. The van der Waals surface area contributed by atoms with E-state index >= 15 is 0 Å². The molecule has 1 aliphatic rings. The summed E-state index contributed by atoms with van der Waals surface area (Å²) in [5.74, 6) is -0.186. The van der Waals surface area contributed by atoms with Crippen LogP contribution in [0.3, 0.4) is 0 Å². The monoisotopic (exact) mass is 444 g/mol. The number of nitrogens with one attached hydrogen (secondary N) is 2. The summed E-state index contributed by atoms with van der Waals surface area (Å²) in [7, 11) is 0. The standard InChI is InChI=1S/C27H32N4O2/c1-18-7-12-25-23(16-18)24(27(33)28-13-15-31-14-5-4-6-19(31)2)17-26(30-25)21-8-10-22(11-9-21)29-20(3)32/h7-12,16-17,19H,4-6,13-15H2,1-3H3,(H,28,33)(H,29,32)/t19-/m1/s1. The Morgan fingerprint density at radius 1 is 1.09 bits per heavy atom. The van der Waals surface area contributed by atoms with E-state index < -0.39 is 0 Å². The van der Waals surface area contributed by atoms with Gasteiger partial charge in [0, 0.05) is 42.7 Å². The van der Waals surface area contributed by atoms with Crippen molar-refractivity contribution >= 4 is 28.4 Å². The highest BCUT2D eigenvalue weighted by atomic mass is 16.2. The SMILES string of the molecule is CC(=O)Nc1ccc(-c2cc(C(=O)NCCN3CCCC[C@H]3C)c3cc(C)ccc3n2)cc1. The first-order chi connectivity index (χ1) is 15.9. The summed E-state index contributed by atoms with van der Waals surface area (Å²) in [6.45, 7) is 8.37. The number of hydrogen-bond acceptors (Lipinski definition) is 4. The molecule has 172 valence electrons. The lowest BCUT2D eigenvalue weighted by molar-refractivity contribution is -0.114. The number of anilines is 1. The predicted molar refractivity (Wildman–Crippen MR) is 133 cm³/mol. The van der Waals surface area contributed by atoms with Gasteiger partial charge in [-0.15, -0.1) is 0 Å². The molecule has 2 heterocycles. The zero-order valence-electron chi connectivity index (χ0n) is 19.6. The van der Waals surface area contributed by atoms with Gasteiger partial charge in [-0.2, -0.15) is 0 Å². The van der Waals surface area contributed by atoms with Gasteiger partial charge in [0.25, 0.3) is 5.91 Å². The van der Waals surface area contributed by atoms with Crippen LogP contribution in [-0.4, -0.2) is 47.4 Å². The molecule has 0 radical (unpaired) electrons. The van der Waals surface area contributed by atoms with Crippen molar-refractivity contribution in [2.45, 2.75) is 46.1 Å². The van der Waals surface area contributed by atoms with Gasteiger partial charge >= 0.3 is 0 Å². The Labute approximate surface area is 195 Å². The van der Waals surface area contributed by atoms with E-state index in [1.165, 1.54) is 26.2 Å². The third kappa shape index (κ3) is 5.57. The van der Waals surface area contributed by atoms with Gasteiger partial charge in [-0.3, -0.25) is 14.5 Å². The van der Waals surface area contributed by atoms with Crippen LogP contribution in [0.15, 0.2) is 48.5 Å². The molecule has 1 aliphatic heterocycles.